The Balaban J connectivity index is 1.45. The number of nitrogens with one attached hydrogen (secondary N) is 1. The van der Waals surface area contributed by atoms with Gasteiger partial charge in [-0.3, -0.25) is 9.59 Å². The van der Waals surface area contributed by atoms with Gasteiger partial charge >= 0.3 is 0 Å². The van der Waals surface area contributed by atoms with Gasteiger partial charge in [0.1, 0.15) is 0 Å². The summed E-state index contributed by atoms with van der Waals surface area (Å²) >= 11 is 5.41. The number of amides is 1. The molecule has 0 aromatic heterocycles. The van der Waals surface area contributed by atoms with Crippen LogP contribution in [0.1, 0.15) is 32.7 Å². The zero-order chi connectivity index (χ0) is 19.8. The predicted molar refractivity (Wildman–Crippen MR) is 113 cm³/mol. The van der Waals surface area contributed by atoms with Crippen molar-refractivity contribution in [2.75, 3.05) is 32.8 Å². The van der Waals surface area contributed by atoms with Gasteiger partial charge in [-0.25, -0.2) is 0 Å². The van der Waals surface area contributed by atoms with E-state index in [1.165, 1.54) is 0 Å². The van der Waals surface area contributed by atoms with E-state index in [0.29, 0.717) is 42.3 Å². The molecule has 1 N–H and O–H groups in total. The Bertz CT molecular complexity index is 815. The Morgan fingerprint density at radius 3 is 2.32 bits per heavy atom. The number of benzene rings is 2. The molecule has 1 amide bonds. The van der Waals surface area contributed by atoms with Gasteiger partial charge in [0, 0.05) is 30.8 Å². The van der Waals surface area contributed by atoms with Gasteiger partial charge in [-0.05, 0) is 24.1 Å². The Hall–Kier alpha value is -2.57. The molecule has 2 aromatic rings. The fourth-order valence-corrected chi connectivity index (χ4v) is 3.35. The first kappa shape index (κ1) is 20.2. The predicted octanol–water partition coefficient (Wildman–Crippen LogP) is 2.89. The van der Waals surface area contributed by atoms with E-state index in [4.69, 9.17) is 17.0 Å². The van der Waals surface area contributed by atoms with Crippen LogP contribution in [0.25, 0.3) is 0 Å². The first-order valence-corrected chi connectivity index (χ1v) is 9.85. The summed E-state index contributed by atoms with van der Waals surface area (Å²) in [4.78, 5) is 27.2. The van der Waals surface area contributed by atoms with Crippen molar-refractivity contribution < 1.29 is 14.3 Å². The number of carbonyl (C=O) groups is 2. The van der Waals surface area contributed by atoms with Crippen LogP contribution in [0.4, 0.5) is 0 Å². The van der Waals surface area contributed by atoms with E-state index in [9.17, 15) is 9.59 Å². The quantitative estimate of drug-likeness (QED) is 0.576. The first-order chi connectivity index (χ1) is 13.6. The number of thiocarbonyl (C=S) groups is 1. The van der Waals surface area contributed by atoms with Crippen LogP contribution in [-0.4, -0.2) is 54.4 Å². The summed E-state index contributed by atoms with van der Waals surface area (Å²) in [6, 6.07) is 16.7. The fourth-order valence-electron chi connectivity index (χ4n) is 3.03. The number of ether oxygens (including phenoxy) is 1. The molecule has 28 heavy (non-hydrogen) atoms. The molecular formula is C22H24N2O3S. The van der Waals surface area contributed by atoms with E-state index in [0.717, 1.165) is 18.7 Å². The summed E-state index contributed by atoms with van der Waals surface area (Å²) in [5, 5.41) is 2.91. The summed E-state index contributed by atoms with van der Waals surface area (Å²) < 4.78 is 5.31. The highest BCUT2D eigenvalue weighted by Gasteiger charge is 2.17. The SMILES string of the molecule is O=C(CC(=S)N1CCOCC1)c1ccc(CCNC(=O)c2ccccc2)cc1. The van der Waals surface area contributed by atoms with E-state index in [-0.39, 0.29) is 18.1 Å². The number of morpholine rings is 1. The number of hydrogen-bond donors (Lipinski definition) is 1. The van der Waals surface area contributed by atoms with Crippen LogP contribution in [0.5, 0.6) is 0 Å². The number of rotatable bonds is 7. The molecule has 0 saturated carbocycles. The zero-order valence-corrected chi connectivity index (χ0v) is 16.5. The molecule has 1 heterocycles. The van der Waals surface area contributed by atoms with E-state index < -0.39 is 0 Å². The van der Waals surface area contributed by atoms with Crippen molar-refractivity contribution in [3.8, 4) is 0 Å². The van der Waals surface area contributed by atoms with E-state index in [2.05, 4.69) is 5.32 Å². The van der Waals surface area contributed by atoms with Crippen LogP contribution in [0.3, 0.4) is 0 Å². The molecule has 0 radical (unpaired) electrons. The summed E-state index contributed by atoms with van der Waals surface area (Å²) in [5.74, 6) is -0.0514. The molecule has 1 aliphatic heterocycles. The zero-order valence-electron chi connectivity index (χ0n) is 15.7. The normalized spacial score (nSPS) is 13.8. The van der Waals surface area contributed by atoms with Crippen LogP contribution < -0.4 is 5.32 Å². The molecule has 1 aliphatic rings. The molecule has 3 rings (SSSR count). The highest BCUT2D eigenvalue weighted by atomic mass is 32.1. The second kappa shape index (κ2) is 10.1. The minimum atomic E-state index is -0.0796. The standard InChI is InChI=1S/C22H24N2O3S/c25-20(16-21(28)24-12-14-27-15-13-24)18-8-6-17(7-9-18)10-11-23-22(26)19-4-2-1-3-5-19/h1-9H,10-16H2,(H,23,26). The van der Waals surface area contributed by atoms with Crippen LogP contribution in [-0.2, 0) is 11.2 Å². The average Bonchev–Trinajstić information content (AvgIpc) is 2.75. The summed E-state index contributed by atoms with van der Waals surface area (Å²) in [6.45, 7) is 3.36. The maximum Gasteiger partial charge on any atom is 0.251 e. The summed E-state index contributed by atoms with van der Waals surface area (Å²) in [6.07, 6.45) is 0.959. The third-order valence-electron chi connectivity index (χ3n) is 4.69. The number of nitrogens with zero attached hydrogens (tertiary/aromatic N) is 1. The fraction of sp³-hybridized carbons (Fsp3) is 0.318. The lowest BCUT2D eigenvalue weighted by Crippen LogP contribution is -2.40. The van der Waals surface area contributed by atoms with Crippen molar-refractivity contribution in [2.45, 2.75) is 12.8 Å². The van der Waals surface area contributed by atoms with Crippen molar-refractivity contribution in [3.05, 3.63) is 71.3 Å². The molecule has 146 valence electrons. The van der Waals surface area contributed by atoms with Gasteiger partial charge in [0.15, 0.2) is 5.78 Å². The topological polar surface area (TPSA) is 58.6 Å². The third-order valence-corrected chi connectivity index (χ3v) is 5.09. The maximum atomic E-state index is 12.5. The van der Waals surface area contributed by atoms with E-state index in [1.807, 2.05) is 47.4 Å². The molecule has 0 atom stereocenters. The highest BCUT2D eigenvalue weighted by Crippen LogP contribution is 2.11. The monoisotopic (exact) mass is 396 g/mol. The van der Waals surface area contributed by atoms with Gasteiger partial charge < -0.3 is 15.0 Å². The Morgan fingerprint density at radius 2 is 1.64 bits per heavy atom. The lowest BCUT2D eigenvalue weighted by molar-refractivity contribution is 0.0677. The van der Waals surface area contributed by atoms with Crippen LogP contribution >= 0.6 is 12.2 Å². The Labute approximate surface area is 170 Å². The van der Waals surface area contributed by atoms with Crippen molar-refractivity contribution in [3.63, 3.8) is 0 Å². The number of ketones is 1. The van der Waals surface area contributed by atoms with Crippen LogP contribution in [0.15, 0.2) is 54.6 Å². The van der Waals surface area contributed by atoms with Crippen molar-refractivity contribution in [1.29, 1.82) is 0 Å². The van der Waals surface area contributed by atoms with Crippen LogP contribution in [0, 0.1) is 0 Å². The van der Waals surface area contributed by atoms with E-state index >= 15 is 0 Å². The molecule has 6 heteroatoms. The van der Waals surface area contributed by atoms with Gasteiger partial charge in [0.05, 0.1) is 24.6 Å². The van der Waals surface area contributed by atoms with E-state index in [1.54, 1.807) is 12.1 Å². The minimum absolute atomic E-state index is 0.0282. The minimum Gasteiger partial charge on any atom is -0.378 e. The largest absolute Gasteiger partial charge is 0.378 e. The van der Waals surface area contributed by atoms with Crippen molar-refractivity contribution >= 4 is 28.9 Å². The van der Waals surface area contributed by atoms with Crippen molar-refractivity contribution in [2.24, 2.45) is 0 Å². The molecule has 0 bridgehead atoms. The van der Waals surface area contributed by atoms with Gasteiger partial charge in [-0.1, -0.05) is 54.7 Å². The van der Waals surface area contributed by atoms with Crippen molar-refractivity contribution in [1.82, 2.24) is 10.2 Å². The first-order valence-electron chi connectivity index (χ1n) is 9.44. The van der Waals surface area contributed by atoms with Gasteiger partial charge in [-0.15, -0.1) is 0 Å². The molecule has 5 nitrogen and oxygen atoms in total. The molecule has 0 aliphatic carbocycles. The second-order valence-electron chi connectivity index (χ2n) is 6.66. The average molecular weight is 397 g/mol. The van der Waals surface area contributed by atoms with Gasteiger partial charge in [-0.2, -0.15) is 0 Å². The van der Waals surface area contributed by atoms with Gasteiger partial charge in [0.2, 0.25) is 0 Å². The molecular weight excluding hydrogens is 372 g/mol. The number of Topliss-reactive ketones (excluding diaryl/α,β-unsaturated/α-hetero) is 1. The summed E-state index contributed by atoms with van der Waals surface area (Å²) in [5.41, 5.74) is 2.38. The molecule has 2 aromatic carbocycles. The highest BCUT2D eigenvalue weighted by molar-refractivity contribution is 7.80. The Morgan fingerprint density at radius 1 is 0.964 bits per heavy atom. The maximum absolute atomic E-state index is 12.5. The molecule has 1 fully saturated rings. The molecule has 0 unspecified atom stereocenters. The lowest BCUT2D eigenvalue weighted by Gasteiger charge is -2.28. The summed E-state index contributed by atoms with van der Waals surface area (Å²) in [7, 11) is 0. The number of carbonyl (C=O) groups excluding carboxylic acids is 2. The van der Waals surface area contributed by atoms with Gasteiger partial charge in [0.25, 0.3) is 5.91 Å². The third kappa shape index (κ3) is 5.71. The number of hydrogen-bond acceptors (Lipinski definition) is 4. The van der Waals surface area contributed by atoms with Crippen LogP contribution in [0.2, 0.25) is 0 Å². The lowest BCUT2D eigenvalue weighted by atomic mass is 10.0. The molecule has 0 spiro atoms. The Kier molecular flexibility index (Phi) is 7.28. The second-order valence-corrected chi connectivity index (χ2v) is 7.13. The smallest absolute Gasteiger partial charge is 0.251 e. The molecule has 1 saturated heterocycles.